The normalized spacial score (nSPS) is 10.2. The minimum atomic E-state index is -0.491. The topological polar surface area (TPSA) is 17.1 Å². The van der Waals surface area contributed by atoms with Crippen LogP contribution in [-0.2, 0) is 0 Å². The first-order valence-electron chi connectivity index (χ1n) is 3.30. The average molecular weight is 377 g/mol. The molecule has 0 aliphatic rings. The number of alkyl halides is 1. The summed E-state index contributed by atoms with van der Waals surface area (Å²) in [6, 6.07) is 2.38. The lowest BCUT2D eigenvalue weighted by Gasteiger charge is -2.03. The van der Waals surface area contributed by atoms with Crippen molar-refractivity contribution in [1.29, 1.82) is 0 Å². The molecule has 1 nitrogen and oxygen atoms in total. The summed E-state index contributed by atoms with van der Waals surface area (Å²) in [5, 5.41) is 0.438. The fourth-order valence-corrected chi connectivity index (χ4v) is 1.95. The zero-order chi connectivity index (χ0) is 10.0. The van der Waals surface area contributed by atoms with E-state index in [9.17, 15) is 9.18 Å². The highest BCUT2D eigenvalue weighted by Gasteiger charge is 2.12. The molecule has 1 rings (SSSR count). The highest BCUT2D eigenvalue weighted by Crippen LogP contribution is 2.24. The van der Waals surface area contributed by atoms with Crippen molar-refractivity contribution in [3.8, 4) is 0 Å². The fraction of sp³-hybridized carbons (Fsp3) is 0.125. The number of carbonyl (C=O) groups is 1. The summed E-state index contributed by atoms with van der Waals surface area (Å²) in [5.41, 5.74) is 0.322. The predicted molar refractivity (Wildman–Crippen MR) is 62.3 cm³/mol. The van der Waals surface area contributed by atoms with E-state index in [4.69, 9.17) is 11.6 Å². The zero-order valence-corrected chi connectivity index (χ0v) is 10.8. The van der Waals surface area contributed by atoms with Gasteiger partial charge in [-0.2, -0.15) is 0 Å². The quantitative estimate of drug-likeness (QED) is 0.333. The van der Waals surface area contributed by atoms with Crippen LogP contribution in [-0.4, -0.2) is 11.1 Å². The van der Waals surface area contributed by atoms with Gasteiger partial charge in [-0.3, -0.25) is 4.79 Å². The maximum Gasteiger partial charge on any atom is 0.174 e. The number of halogens is 4. The van der Waals surface area contributed by atoms with Crippen LogP contribution in [0.15, 0.2) is 12.1 Å². The molecule has 0 aliphatic carbocycles. The maximum absolute atomic E-state index is 12.8. The number of ketones is 1. The van der Waals surface area contributed by atoms with Crippen LogP contribution in [0.1, 0.15) is 10.4 Å². The summed E-state index contributed by atoms with van der Waals surface area (Å²) in [4.78, 5) is 11.3. The molecule has 0 bridgehead atoms. The van der Waals surface area contributed by atoms with E-state index in [1.54, 1.807) is 0 Å². The fourth-order valence-electron chi connectivity index (χ4n) is 0.831. The van der Waals surface area contributed by atoms with Crippen molar-refractivity contribution in [2.75, 3.05) is 5.33 Å². The Labute approximate surface area is 102 Å². The van der Waals surface area contributed by atoms with Crippen LogP contribution in [0.5, 0.6) is 0 Å². The standard InChI is InChI=1S/C8H4BrClFIO/c9-3-7(13)5-1-4(11)2-6(10)8(5)12/h1-2H,3H2. The van der Waals surface area contributed by atoms with E-state index in [0.29, 0.717) is 9.13 Å². The second-order valence-corrected chi connectivity index (χ2v) is 4.35. The van der Waals surface area contributed by atoms with E-state index in [1.807, 2.05) is 22.6 Å². The predicted octanol–water partition coefficient (Wildman–Crippen LogP) is 3.66. The molecule has 5 heteroatoms. The van der Waals surface area contributed by atoms with E-state index < -0.39 is 5.82 Å². The molecule has 13 heavy (non-hydrogen) atoms. The van der Waals surface area contributed by atoms with Gasteiger partial charge in [-0.25, -0.2) is 4.39 Å². The first-order chi connectivity index (χ1) is 6.06. The molecule has 0 N–H and O–H groups in total. The third-order valence-corrected chi connectivity index (χ3v) is 3.70. The van der Waals surface area contributed by atoms with E-state index in [2.05, 4.69) is 15.9 Å². The van der Waals surface area contributed by atoms with Gasteiger partial charge in [0.25, 0.3) is 0 Å². The summed E-state index contributed by atoms with van der Waals surface area (Å²) in [6.45, 7) is 0. The third kappa shape index (κ3) is 2.63. The largest absolute Gasteiger partial charge is 0.293 e. The van der Waals surface area contributed by atoms with Gasteiger partial charge in [0.05, 0.1) is 10.4 Å². The zero-order valence-electron chi connectivity index (χ0n) is 6.28. The Hall–Kier alpha value is 0.320. The first kappa shape index (κ1) is 11.4. The molecule has 1 aromatic rings. The van der Waals surface area contributed by atoms with Crippen LogP contribution in [0.2, 0.25) is 5.02 Å². The van der Waals surface area contributed by atoms with Gasteiger partial charge in [0.2, 0.25) is 0 Å². The van der Waals surface area contributed by atoms with Crippen molar-refractivity contribution in [3.05, 3.63) is 32.1 Å². The first-order valence-corrected chi connectivity index (χ1v) is 5.87. The SMILES string of the molecule is O=C(CBr)c1cc(F)cc(Cl)c1I. The van der Waals surface area contributed by atoms with Crippen molar-refractivity contribution < 1.29 is 9.18 Å². The van der Waals surface area contributed by atoms with Gasteiger partial charge in [-0.1, -0.05) is 27.5 Å². The van der Waals surface area contributed by atoms with Crippen LogP contribution < -0.4 is 0 Å². The van der Waals surface area contributed by atoms with Gasteiger partial charge >= 0.3 is 0 Å². The molecular weight excluding hydrogens is 373 g/mol. The second kappa shape index (κ2) is 4.70. The number of Topliss-reactive ketones (excluding diaryl/α,β-unsaturated/α-hetero) is 1. The number of hydrogen-bond donors (Lipinski definition) is 0. The van der Waals surface area contributed by atoms with Crippen molar-refractivity contribution in [1.82, 2.24) is 0 Å². The van der Waals surface area contributed by atoms with Gasteiger partial charge in [-0.05, 0) is 34.7 Å². The summed E-state index contributed by atoms with van der Waals surface area (Å²) in [7, 11) is 0. The van der Waals surface area contributed by atoms with Gasteiger partial charge in [0.1, 0.15) is 5.82 Å². The molecule has 70 valence electrons. The van der Waals surface area contributed by atoms with Gasteiger partial charge < -0.3 is 0 Å². The lowest BCUT2D eigenvalue weighted by atomic mass is 10.1. The summed E-state index contributed by atoms with van der Waals surface area (Å²) in [6.07, 6.45) is 0. The van der Waals surface area contributed by atoms with E-state index in [0.717, 1.165) is 0 Å². The monoisotopic (exact) mass is 376 g/mol. The molecule has 0 aliphatic heterocycles. The maximum atomic E-state index is 12.8. The van der Waals surface area contributed by atoms with Crippen LogP contribution >= 0.6 is 50.1 Å². The van der Waals surface area contributed by atoms with Crippen molar-refractivity contribution in [3.63, 3.8) is 0 Å². The van der Waals surface area contributed by atoms with Gasteiger partial charge in [0.15, 0.2) is 5.78 Å². The number of carbonyl (C=O) groups excluding carboxylic acids is 1. The Morgan fingerprint density at radius 3 is 2.77 bits per heavy atom. The minimum Gasteiger partial charge on any atom is -0.293 e. The van der Waals surface area contributed by atoms with Crippen LogP contribution in [0.25, 0.3) is 0 Å². The van der Waals surface area contributed by atoms with Gasteiger partial charge in [-0.15, -0.1) is 0 Å². The molecule has 0 amide bonds. The van der Waals surface area contributed by atoms with Crippen molar-refractivity contribution >= 4 is 55.9 Å². The van der Waals surface area contributed by atoms with Crippen LogP contribution in [0, 0.1) is 9.39 Å². The number of hydrogen-bond acceptors (Lipinski definition) is 1. The molecule has 0 unspecified atom stereocenters. The Morgan fingerprint density at radius 1 is 1.62 bits per heavy atom. The van der Waals surface area contributed by atoms with Crippen molar-refractivity contribution in [2.24, 2.45) is 0 Å². The summed E-state index contributed by atoms with van der Waals surface area (Å²) < 4.78 is 13.4. The Balaban J connectivity index is 3.28. The smallest absolute Gasteiger partial charge is 0.174 e. The lowest BCUT2D eigenvalue weighted by molar-refractivity contribution is 0.102. The Kier molecular flexibility index (Phi) is 4.12. The molecule has 0 spiro atoms. The highest BCUT2D eigenvalue weighted by atomic mass is 127. The molecular formula is C8H4BrClFIO. The molecule has 0 radical (unpaired) electrons. The molecule has 0 saturated carbocycles. The average Bonchev–Trinajstić information content (AvgIpc) is 2.10. The molecule has 0 heterocycles. The molecule has 1 aromatic carbocycles. The molecule has 0 saturated heterocycles. The van der Waals surface area contributed by atoms with E-state index >= 15 is 0 Å². The lowest BCUT2D eigenvalue weighted by Crippen LogP contribution is -2.03. The van der Waals surface area contributed by atoms with Crippen LogP contribution in [0.3, 0.4) is 0 Å². The number of benzene rings is 1. The van der Waals surface area contributed by atoms with Crippen molar-refractivity contribution in [2.45, 2.75) is 0 Å². The molecule has 0 aromatic heterocycles. The third-order valence-electron chi connectivity index (χ3n) is 1.41. The molecule has 0 atom stereocenters. The second-order valence-electron chi connectivity index (χ2n) is 2.31. The number of rotatable bonds is 2. The molecule has 0 fully saturated rings. The minimum absolute atomic E-state index is 0.169. The van der Waals surface area contributed by atoms with Crippen LogP contribution in [0.4, 0.5) is 4.39 Å². The van der Waals surface area contributed by atoms with E-state index in [1.165, 1.54) is 12.1 Å². The Morgan fingerprint density at radius 2 is 2.23 bits per heavy atom. The highest BCUT2D eigenvalue weighted by molar-refractivity contribution is 14.1. The van der Waals surface area contributed by atoms with Gasteiger partial charge in [0, 0.05) is 9.13 Å². The summed E-state index contributed by atoms with van der Waals surface area (Å²) in [5.74, 6) is -0.666. The Bertz CT molecular complexity index is 356. The van der Waals surface area contributed by atoms with E-state index in [-0.39, 0.29) is 16.1 Å². The summed E-state index contributed by atoms with van der Waals surface area (Å²) >= 11 is 10.6.